The molecule has 0 aliphatic carbocycles. The molecule has 1 heterocycles. The van der Waals surface area contributed by atoms with E-state index in [1.54, 1.807) is 28.9 Å². The Morgan fingerprint density at radius 1 is 0.952 bits per heavy atom. The van der Waals surface area contributed by atoms with E-state index in [4.69, 9.17) is 10.0 Å². The number of hydrogen-bond donors (Lipinski definition) is 2. The van der Waals surface area contributed by atoms with E-state index in [2.05, 4.69) is 10.3 Å². The van der Waals surface area contributed by atoms with Crippen LogP contribution in [0.15, 0.2) is 60.8 Å². The third kappa shape index (κ3) is 3.18. The first kappa shape index (κ1) is 13.5. The lowest BCUT2D eigenvalue weighted by molar-refractivity contribution is 0.426. The van der Waals surface area contributed by atoms with Crippen LogP contribution in [0.5, 0.6) is 0 Å². The molecule has 2 N–H and O–H groups in total. The van der Waals surface area contributed by atoms with Crippen molar-refractivity contribution in [2.24, 2.45) is 0 Å². The standard InChI is InChI=1S/C15H14BN3O2/c20-16(21)14-8-6-13(7-9-14)15-11-19(18-17-15)10-12-4-2-1-3-5-12/h1-9,11,20-21H,10H2. The van der Waals surface area contributed by atoms with E-state index in [1.807, 2.05) is 36.5 Å². The van der Waals surface area contributed by atoms with E-state index >= 15 is 0 Å². The quantitative estimate of drug-likeness (QED) is 0.689. The van der Waals surface area contributed by atoms with Gasteiger partial charge in [0.1, 0.15) is 5.69 Å². The fraction of sp³-hybridized carbons (Fsp3) is 0.0667. The maximum absolute atomic E-state index is 9.08. The summed E-state index contributed by atoms with van der Waals surface area (Å²) in [6.45, 7) is 0.668. The van der Waals surface area contributed by atoms with Crippen molar-refractivity contribution in [2.75, 3.05) is 0 Å². The van der Waals surface area contributed by atoms with Crippen LogP contribution in [0.2, 0.25) is 0 Å². The minimum Gasteiger partial charge on any atom is -0.423 e. The lowest BCUT2D eigenvalue weighted by Crippen LogP contribution is -2.29. The van der Waals surface area contributed by atoms with Crippen LogP contribution in [-0.4, -0.2) is 32.2 Å². The van der Waals surface area contributed by atoms with Gasteiger partial charge in [-0.25, -0.2) is 4.68 Å². The Morgan fingerprint density at radius 2 is 1.67 bits per heavy atom. The second kappa shape index (κ2) is 5.91. The van der Waals surface area contributed by atoms with Crippen molar-refractivity contribution in [1.29, 1.82) is 0 Å². The van der Waals surface area contributed by atoms with E-state index in [0.29, 0.717) is 12.0 Å². The normalized spacial score (nSPS) is 10.6. The van der Waals surface area contributed by atoms with Crippen LogP contribution in [0.4, 0.5) is 0 Å². The molecule has 0 atom stereocenters. The van der Waals surface area contributed by atoms with Crippen molar-refractivity contribution in [3.63, 3.8) is 0 Å². The van der Waals surface area contributed by atoms with E-state index in [0.717, 1.165) is 16.8 Å². The summed E-state index contributed by atoms with van der Waals surface area (Å²) < 4.78 is 1.78. The third-order valence-electron chi connectivity index (χ3n) is 3.23. The number of rotatable bonds is 4. The summed E-state index contributed by atoms with van der Waals surface area (Å²) in [6, 6.07) is 17.0. The minimum atomic E-state index is -1.45. The molecule has 0 unspecified atom stereocenters. The average molecular weight is 279 g/mol. The summed E-state index contributed by atoms with van der Waals surface area (Å²) in [7, 11) is -1.45. The second-order valence-corrected chi connectivity index (χ2v) is 4.78. The highest BCUT2D eigenvalue weighted by atomic mass is 16.4. The van der Waals surface area contributed by atoms with Crippen LogP contribution in [-0.2, 0) is 6.54 Å². The number of aromatic nitrogens is 3. The zero-order valence-electron chi connectivity index (χ0n) is 11.3. The lowest BCUT2D eigenvalue weighted by atomic mass is 9.80. The Kier molecular flexibility index (Phi) is 3.81. The second-order valence-electron chi connectivity index (χ2n) is 4.78. The first-order valence-corrected chi connectivity index (χ1v) is 6.63. The molecule has 21 heavy (non-hydrogen) atoms. The zero-order valence-corrected chi connectivity index (χ0v) is 11.3. The summed E-state index contributed by atoms with van der Waals surface area (Å²) in [5.74, 6) is 0. The monoisotopic (exact) mass is 279 g/mol. The largest absolute Gasteiger partial charge is 0.488 e. The van der Waals surface area contributed by atoms with Gasteiger partial charge in [0.2, 0.25) is 0 Å². The fourth-order valence-corrected chi connectivity index (χ4v) is 2.10. The van der Waals surface area contributed by atoms with Gasteiger partial charge in [-0.3, -0.25) is 0 Å². The molecular formula is C15H14BN3O2. The van der Waals surface area contributed by atoms with Crippen LogP contribution in [0.25, 0.3) is 11.3 Å². The fourth-order valence-electron chi connectivity index (χ4n) is 2.10. The van der Waals surface area contributed by atoms with Gasteiger partial charge in [-0.05, 0) is 11.0 Å². The molecular weight excluding hydrogens is 265 g/mol. The number of hydrogen-bond acceptors (Lipinski definition) is 4. The van der Waals surface area contributed by atoms with Gasteiger partial charge in [-0.15, -0.1) is 5.10 Å². The summed E-state index contributed by atoms with van der Waals surface area (Å²) in [4.78, 5) is 0. The van der Waals surface area contributed by atoms with E-state index in [9.17, 15) is 0 Å². The van der Waals surface area contributed by atoms with E-state index in [-0.39, 0.29) is 0 Å². The first-order valence-electron chi connectivity index (χ1n) is 6.63. The summed E-state index contributed by atoms with van der Waals surface area (Å²) >= 11 is 0. The van der Waals surface area contributed by atoms with Gasteiger partial charge in [-0.2, -0.15) is 0 Å². The summed E-state index contributed by atoms with van der Waals surface area (Å²) in [6.07, 6.45) is 1.87. The number of benzene rings is 2. The highest BCUT2D eigenvalue weighted by molar-refractivity contribution is 6.58. The van der Waals surface area contributed by atoms with Crippen LogP contribution in [0.3, 0.4) is 0 Å². The molecule has 0 fully saturated rings. The van der Waals surface area contributed by atoms with E-state index in [1.165, 1.54) is 0 Å². The van der Waals surface area contributed by atoms with Crippen molar-refractivity contribution in [1.82, 2.24) is 15.0 Å². The van der Waals surface area contributed by atoms with Crippen LogP contribution < -0.4 is 5.46 Å². The van der Waals surface area contributed by atoms with Crippen molar-refractivity contribution >= 4 is 12.6 Å². The van der Waals surface area contributed by atoms with Gasteiger partial charge in [0.05, 0.1) is 12.7 Å². The summed E-state index contributed by atoms with van der Waals surface area (Å²) in [5.41, 5.74) is 3.26. The molecule has 2 aromatic carbocycles. The van der Waals surface area contributed by atoms with E-state index < -0.39 is 7.12 Å². The van der Waals surface area contributed by atoms with Gasteiger partial charge >= 0.3 is 7.12 Å². The Hall–Kier alpha value is -2.44. The molecule has 1 aromatic heterocycles. The third-order valence-corrected chi connectivity index (χ3v) is 3.23. The van der Waals surface area contributed by atoms with Crippen LogP contribution >= 0.6 is 0 Å². The molecule has 0 saturated carbocycles. The van der Waals surface area contributed by atoms with Gasteiger partial charge in [0.15, 0.2) is 0 Å². The molecule has 0 amide bonds. The zero-order chi connectivity index (χ0) is 14.7. The molecule has 0 aliphatic rings. The van der Waals surface area contributed by atoms with Crippen LogP contribution in [0.1, 0.15) is 5.56 Å². The van der Waals surface area contributed by atoms with Gasteiger partial charge < -0.3 is 10.0 Å². The van der Waals surface area contributed by atoms with Crippen LogP contribution in [0, 0.1) is 0 Å². The predicted octanol–water partition coefficient (Wildman–Crippen LogP) is 0.673. The predicted molar refractivity (Wildman–Crippen MR) is 80.8 cm³/mol. The Morgan fingerprint density at radius 3 is 2.33 bits per heavy atom. The topological polar surface area (TPSA) is 71.2 Å². The molecule has 0 bridgehead atoms. The molecule has 6 heteroatoms. The molecule has 0 spiro atoms. The molecule has 104 valence electrons. The molecule has 5 nitrogen and oxygen atoms in total. The van der Waals surface area contributed by atoms with Crippen molar-refractivity contribution in [2.45, 2.75) is 6.54 Å². The minimum absolute atomic E-state index is 0.454. The molecule has 0 saturated heterocycles. The van der Waals surface area contributed by atoms with Crippen molar-refractivity contribution < 1.29 is 10.0 Å². The molecule has 0 aliphatic heterocycles. The van der Waals surface area contributed by atoms with Gasteiger partial charge in [-0.1, -0.05) is 59.8 Å². The smallest absolute Gasteiger partial charge is 0.423 e. The Labute approximate surface area is 122 Å². The maximum atomic E-state index is 9.08. The SMILES string of the molecule is OB(O)c1ccc(-c2cn(Cc3ccccc3)nn2)cc1. The molecule has 3 aromatic rings. The van der Waals surface area contributed by atoms with Crippen molar-refractivity contribution in [3.05, 3.63) is 66.4 Å². The maximum Gasteiger partial charge on any atom is 0.488 e. The highest BCUT2D eigenvalue weighted by Crippen LogP contribution is 2.15. The lowest BCUT2D eigenvalue weighted by Gasteiger charge is -2.01. The highest BCUT2D eigenvalue weighted by Gasteiger charge is 2.11. The summed E-state index contributed by atoms with van der Waals surface area (Å²) in [5, 5.41) is 26.4. The Balaban J connectivity index is 1.78. The van der Waals surface area contributed by atoms with Gasteiger partial charge in [0.25, 0.3) is 0 Å². The Bertz CT molecular complexity index is 711. The van der Waals surface area contributed by atoms with Crippen molar-refractivity contribution in [3.8, 4) is 11.3 Å². The van der Waals surface area contributed by atoms with Gasteiger partial charge in [0, 0.05) is 5.56 Å². The first-order chi connectivity index (χ1) is 10.2. The average Bonchev–Trinajstić information content (AvgIpc) is 2.97. The molecule has 0 radical (unpaired) electrons. The number of nitrogens with zero attached hydrogens (tertiary/aromatic N) is 3. The molecule has 3 rings (SSSR count).